The number of carboxylic acid groups (broad SMARTS) is 1. The lowest BCUT2D eigenvalue weighted by molar-refractivity contribution is -0.142. The van der Waals surface area contributed by atoms with E-state index in [0.29, 0.717) is 24.7 Å². The molecule has 0 aromatic heterocycles. The molecule has 0 aliphatic heterocycles. The number of hydrogen-bond donors (Lipinski definition) is 3. The van der Waals surface area contributed by atoms with Crippen LogP contribution in [0.1, 0.15) is 90.9 Å². The van der Waals surface area contributed by atoms with Gasteiger partial charge in [0, 0.05) is 6.42 Å². The summed E-state index contributed by atoms with van der Waals surface area (Å²) < 4.78 is 0. The Morgan fingerprint density at radius 3 is 2.54 bits per heavy atom. The standard InChI is InChI=1S/C22H38O4/c1-3-5-7-11-19(23)15-13-18-14-16-21(24)20(18)12-9-6-8-10-17(4-2)22(25)26/h17-21,23-24H,3-6,8-10,12-16H2,1-2H3,(H,25,26)/t17?,18-,19?,20+,21-/m0/s1. The van der Waals surface area contributed by atoms with E-state index in [2.05, 4.69) is 18.8 Å². The molecule has 0 spiro atoms. The second kappa shape index (κ2) is 13.2. The smallest absolute Gasteiger partial charge is 0.306 e. The van der Waals surface area contributed by atoms with E-state index in [4.69, 9.17) is 5.11 Å². The van der Waals surface area contributed by atoms with Crippen molar-refractivity contribution in [2.45, 2.75) is 103 Å². The fourth-order valence-electron chi connectivity index (χ4n) is 4.12. The van der Waals surface area contributed by atoms with Gasteiger partial charge < -0.3 is 15.3 Å². The Hall–Kier alpha value is -1.05. The van der Waals surface area contributed by atoms with Gasteiger partial charge in [-0.05, 0) is 63.2 Å². The van der Waals surface area contributed by atoms with Crippen LogP contribution < -0.4 is 0 Å². The number of aliphatic hydroxyl groups is 2. The Bertz CT molecular complexity index is 451. The molecule has 2 unspecified atom stereocenters. The van der Waals surface area contributed by atoms with Crippen molar-refractivity contribution in [3.8, 4) is 11.8 Å². The molecule has 5 atom stereocenters. The number of carbonyl (C=O) groups is 1. The molecule has 0 saturated heterocycles. The molecule has 1 saturated carbocycles. The lowest BCUT2D eigenvalue weighted by atomic mass is 9.85. The van der Waals surface area contributed by atoms with E-state index in [1.165, 1.54) is 0 Å². The zero-order valence-electron chi connectivity index (χ0n) is 16.6. The lowest BCUT2D eigenvalue weighted by Gasteiger charge is -2.22. The molecule has 0 aromatic rings. The van der Waals surface area contributed by atoms with Crippen LogP contribution in [0.5, 0.6) is 0 Å². The number of hydrogen-bond acceptors (Lipinski definition) is 3. The summed E-state index contributed by atoms with van der Waals surface area (Å²) in [6, 6.07) is 0. The molecule has 0 heterocycles. The highest BCUT2D eigenvalue weighted by molar-refractivity contribution is 5.69. The van der Waals surface area contributed by atoms with Gasteiger partial charge in [0.1, 0.15) is 6.10 Å². The average molecular weight is 367 g/mol. The van der Waals surface area contributed by atoms with Crippen LogP contribution in [-0.4, -0.2) is 33.5 Å². The van der Waals surface area contributed by atoms with Crippen LogP contribution in [0.2, 0.25) is 0 Å². The van der Waals surface area contributed by atoms with E-state index in [0.717, 1.165) is 64.2 Å². The fourth-order valence-corrected chi connectivity index (χ4v) is 4.12. The molecule has 150 valence electrons. The van der Waals surface area contributed by atoms with Crippen LogP contribution in [0.3, 0.4) is 0 Å². The van der Waals surface area contributed by atoms with Gasteiger partial charge in [-0.2, -0.15) is 0 Å². The first-order valence-electron chi connectivity index (χ1n) is 10.6. The van der Waals surface area contributed by atoms with Crippen molar-refractivity contribution in [3.05, 3.63) is 0 Å². The van der Waals surface area contributed by atoms with Crippen molar-refractivity contribution in [2.24, 2.45) is 17.8 Å². The van der Waals surface area contributed by atoms with E-state index in [-0.39, 0.29) is 12.0 Å². The molecule has 0 radical (unpaired) electrons. The van der Waals surface area contributed by atoms with Crippen LogP contribution in [0, 0.1) is 29.6 Å². The molecule has 4 nitrogen and oxygen atoms in total. The van der Waals surface area contributed by atoms with Crippen molar-refractivity contribution in [2.75, 3.05) is 0 Å². The van der Waals surface area contributed by atoms with Gasteiger partial charge in [-0.1, -0.05) is 39.0 Å². The Labute approximate surface area is 159 Å². The summed E-state index contributed by atoms with van der Waals surface area (Å²) in [6.07, 6.45) is 10.1. The largest absolute Gasteiger partial charge is 0.481 e. The maximum Gasteiger partial charge on any atom is 0.306 e. The highest BCUT2D eigenvalue weighted by Gasteiger charge is 2.34. The van der Waals surface area contributed by atoms with E-state index >= 15 is 0 Å². The summed E-state index contributed by atoms with van der Waals surface area (Å²) in [6.45, 7) is 4.01. The summed E-state index contributed by atoms with van der Waals surface area (Å²) in [5, 5.41) is 29.3. The van der Waals surface area contributed by atoms with Gasteiger partial charge in [-0.15, -0.1) is 5.92 Å². The van der Waals surface area contributed by atoms with Crippen LogP contribution >= 0.6 is 0 Å². The number of aliphatic carboxylic acids is 1. The molecule has 4 heteroatoms. The minimum Gasteiger partial charge on any atom is -0.481 e. The first kappa shape index (κ1) is 23.0. The second-order valence-electron chi connectivity index (χ2n) is 7.81. The minimum atomic E-state index is -0.681. The summed E-state index contributed by atoms with van der Waals surface area (Å²) >= 11 is 0. The second-order valence-corrected chi connectivity index (χ2v) is 7.81. The number of aliphatic hydroxyl groups excluding tert-OH is 2. The van der Waals surface area contributed by atoms with Crippen LogP contribution in [0.15, 0.2) is 0 Å². The zero-order valence-corrected chi connectivity index (χ0v) is 16.6. The van der Waals surface area contributed by atoms with E-state index < -0.39 is 12.1 Å². The highest BCUT2D eigenvalue weighted by Crippen LogP contribution is 2.38. The van der Waals surface area contributed by atoms with Gasteiger partial charge in [-0.25, -0.2) is 0 Å². The van der Waals surface area contributed by atoms with Gasteiger partial charge >= 0.3 is 5.97 Å². The van der Waals surface area contributed by atoms with Gasteiger partial charge in [0.05, 0.1) is 12.0 Å². The third kappa shape index (κ3) is 8.56. The Morgan fingerprint density at radius 1 is 1.12 bits per heavy atom. The predicted octanol–water partition coefficient (Wildman–Crippen LogP) is 4.38. The van der Waals surface area contributed by atoms with Gasteiger partial charge in [0.2, 0.25) is 0 Å². The molecule has 0 amide bonds. The quantitative estimate of drug-likeness (QED) is 0.354. The molecule has 1 aliphatic carbocycles. The molecule has 1 fully saturated rings. The average Bonchev–Trinajstić information content (AvgIpc) is 2.96. The molecular weight excluding hydrogens is 328 g/mol. The number of carboxylic acids is 1. The fraction of sp³-hybridized carbons (Fsp3) is 0.864. The monoisotopic (exact) mass is 366 g/mol. The zero-order chi connectivity index (χ0) is 19.4. The maximum atomic E-state index is 11.0. The Kier molecular flexibility index (Phi) is 11.6. The first-order valence-corrected chi connectivity index (χ1v) is 10.6. The molecule has 1 aliphatic rings. The SMILES string of the molecule is CCCC#CC(O)CC[C@H]1CC[C@H](O)[C@@H]1CCCCCC(CC)C(=O)O. The van der Waals surface area contributed by atoms with Gasteiger partial charge in [0.15, 0.2) is 0 Å². The minimum absolute atomic E-state index is 0.213. The van der Waals surface area contributed by atoms with Crippen molar-refractivity contribution in [1.82, 2.24) is 0 Å². The van der Waals surface area contributed by atoms with Crippen LogP contribution in [-0.2, 0) is 4.79 Å². The number of rotatable bonds is 12. The summed E-state index contributed by atoms with van der Waals surface area (Å²) in [7, 11) is 0. The van der Waals surface area contributed by atoms with Crippen LogP contribution in [0.25, 0.3) is 0 Å². The third-order valence-corrected chi connectivity index (χ3v) is 5.82. The van der Waals surface area contributed by atoms with Gasteiger partial charge in [0.25, 0.3) is 0 Å². The summed E-state index contributed by atoms with van der Waals surface area (Å²) in [5.41, 5.74) is 0. The van der Waals surface area contributed by atoms with E-state index in [1.807, 2.05) is 6.92 Å². The highest BCUT2D eigenvalue weighted by atomic mass is 16.4. The molecule has 0 bridgehead atoms. The molecule has 26 heavy (non-hydrogen) atoms. The van der Waals surface area contributed by atoms with E-state index in [1.54, 1.807) is 0 Å². The number of unbranched alkanes of at least 4 members (excludes halogenated alkanes) is 3. The third-order valence-electron chi connectivity index (χ3n) is 5.82. The van der Waals surface area contributed by atoms with Crippen molar-refractivity contribution in [1.29, 1.82) is 0 Å². The molecule has 3 N–H and O–H groups in total. The van der Waals surface area contributed by atoms with Crippen molar-refractivity contribution >= 4 is 5.97 Å². The van der Waals surface area contributed by atoms with Crippen molar-refractivity contribution < 1.29 is 20.1 Å². The summed E-state index contributed by atoms with van der Waals surface area (Å²) in [4.78, 5) is 11.0. The molecule has 0 aromatic carbocycles. The predicted molar refractivity (Wildman–Crippen MR) is 105 cm³/mol. The van der Waals surface area contributed by atoms with Crippen LogP contribution in [0.4, 0.5) is 0 Å². The Morgan fingerprint density at radius 2 is 1.88 bits per heavy atom. The van der Waals surface area contributed by atoms with E-state index in [9.17, 15) is 15.0 Å². The molecule has 1 rings (SSSR count). The molecular formula is C22H38O4. The first-order chi connectivity index (χ1) is 12.5. The maximum absolute atomic E-state index is 11.0. The lowest BCUT2D eigenvalue weighted by Crippen LogP contribution is -2.20. The van der Waals surface area contributed by atoms with Gasteiger partial charge in [-0.3, -0.25) is 4.79 Å². The Balaban J connectivity index is 2.28. The normalized spacial score (nSPS) is 24.7. The summed E-state index contributed by atoms with van der Waals surface area (Å²) in [5.74, 6) is 5.84. The van der Waals surface area contributed by atoms with Crippen molar-refractivity contribution in [3.63, 3.8) is 0 Å². The topological polar surface area (TPSA) is 77.8 Å².